The van der Waals surface area contributed by atoms with Crippen molar-refractivity contribution in [1.82, 2.24) is 4.90 Å². The number of likely N-dealkylation sites (tertiary alicyclic amines) is 1. The fourth-order valence-electron chi connectivity index (χ4n) is 0.967. The zero-order valence-electron chi connectivity index (χ0n) is 5.68. The van der Waals surface area contributed by atoms with Gasteiger partial charge in [0.05, 0.1) is 5.84 Å². The molecule has 0 radical (unpaired) electrons. The second-order valence-corrected chi connectivity index (χ2v) is 2.33. The molecular weight excluding hydrogens is 136 g/mol. The van der Waals surface area contributed by atoms with Gasteiger partial charge in [-0.05, 0) is 12.8 Å². The molecule has 0 unspecified atom stereocenters. The zero-order chi connectivity index (χ0) is 5.98. The van der Waals surface area contributed by atoms with Crippen LogP contribution in [-0.2, 0) is 0 Å². The molecule has 0 bridgehead atoms. The van der Waals surface area contributed by atoms with Gasteiger partial charge in [0.25, 0.3) is 0 Å². The van der Waals surface area contributed by atoms with Crippen LogP contribution in [0.1, 0.15) is 19.3 Å². The van der Waals surface area contributed by atoms with Gasteiger partial charge in [-0.3, -0.25) is 5.41 Å². The van der Waals surface area contributed by atoms with Crippen molar-refractivity contribution in [3.05, 3.63) is 0 Å². The molecule has 0 saturated carbocycles. The summed E-state index contributed by atoms with van der Waals surface area (Å²) in [5, 5.41) is 7.32. The summed E-state index contributed by atoms with van der Waals surface area (Å²) in [5.74, 6) is 0.802. The summed E-state index contributed by atoms with van der Waals surface area (Å²) in [4.78, 5) is 2.02. The Morgan fingerprint density at radius 1 is 1.44 bits per heavy atom. The maximum absolute atomic E-state index is 7.32. The average molecular weight is 149 g/mol. The third-order valence-electron chi connectivity index (χ3n) is 1.62. The van der Waals surface area contributed by atoms with Crippen LogP contribution >= 0.6 is 12.4 Å². The summed E-state index contributed by atoms with van der Waals surface area (Å²) in [6, 6.07) is 0. The number of hydrogen-bond donors (Lipinski definition) is 1. The molecule has 1 aliphatic heterocycles. The first-order valence-electron chi connectivity index (χ1n) is 3.09. The molecule has 0 aliphatic carbocycles. The first-order valence-corrected chi connectivity index (χ1v) is 3.09. The van der Waals surface area contributed by atoms with Crippen LogP contribution in [0.3, 0.4) is 0 Å². The molecule has 0 aromatic carbocycles. The normalized spacial score (nSPS) is 19.2. The van der Waals surface area contributed by atoms with Gasteiger partial charge in [0, 0.05) is 20.0 Å². The second kappa shape index (κ2) is 3.72. The van der Waals surface area contributed by atoms with E-state index in [1.54, 1.807) is 0 Å². The number of piperidine rings is 1. The summed E-state index contributed by atoms with van der Waals surface area (Å²) in [6.07, 6.45) is 3.46. The Hall–Kier alpha value is -0.240. The monoisotopic (exact) mass is 148 g/mol. The summed E-state index contributed by atoms with van der Waals surface area (Å²) in [5.41, 5.74) is 0. The van der Waals surface area contributed by atoms with E-state index in [9.17, 15) is 0 Å². The van der Waals surface area contributed by atoms with E-state index in [1.807, 2.05) is 11.9 Å². The molecule has 1 rings (SSSR count). The molecule has 2 nitrogen and oxygen atoms in total. The van der Waals surface area contributed by atoms with Crippen molar-refractivity contribution < 1.29 is 0 Å². The minimum Gasteiger partial charge on any atom is -0.364 e. The Morgan fingerprint density at radius 3 is 2.44 bits per heavy atom. The molecule has 1 fully saturated rings. The molecule has 3 heteroatoms. The highest BCUT2D eigenvalue weighted by Gasteiger charge is 2.08. The third-order valence-corrected chi connectivity index (χ3v) is 1.62. The van der Waals surface area contributed by atoms with Crippen molar-refractivity contribution >= 4 is 18.2 Å². The molecule has 0 aromatic rings. The van der Waals surface area contributed by atoms with Crippen molar-refractivity contribution in [2.75, 3.05) is 13.6 Å². The van der Waals surface area contributed by atoms with Gasteiger partial charge < -0.3 is 4.90 Å². The Labute approximate surface area is 62.2 Å². The number of hydrogen-bond acceptors (Lipinski definition) is 1. The maximum atomic E-state index is 7.32. The van der Waals surface area contributed by atoms with Gasteiger partial charge in [-0.15, -0.1) is 12.4 Å². The van der Waals surface area contributed by atoms with Crippen molar-refractivity contribution in [2.24, 2.45) is 0 Å². The molecule has 0 amide bonds. The fourth-order valence-corrected chi connectivity index (χ4v) is 0.967. The van der Waals surface area contributed by atoms with Gasteiger partial charge in [-0.2, -0.15) is 0 Å². The van der Waals surface area contributed by atoms with E-state index in [-0.39, 0.29) is 12.4 Å². The number of rotatable bonds is 0. The zero-order valence-corrected chi connectivity index (χ0v) is 6.50. The van der Waals surface area contributed by atoms with Crippen molar-refractivity contribution in [3.8, 4) is 0 Å². The van der Waals surface area contributed by atoms with Crippen LogP contribution in [0, 0.1) is 5.41 Å². The Balaban J connectivity index is 0.000000640. The van der Waals surface area contributed by atoms with Crippen LogP contribution in [-0.4, -0.2) is 24.3 Å². The fraction of sp³-hybridized carbons (Fsp3) is 0.833. The number of halogens is 1. The molecule has 1 N–H and O–H groups in total. The lowest BCUT2D eigenvalue weighted by Crippen LogP contribution is -2.30. The lowest BCUT2D eigenvalue weighted by Gasteiger charge is -2.24. The maximum Gasteiger partial charge on any atom is 0.0955 e. The number of amidine groups is 1. The molecular formula is C6H13ClN2. The van der Waals surface area contributed by atoms with Gasteiger partial charge in [0.2, 0.25) is 0 Å². The largest absolute Gasteiger partial charge is 0.364 e. The highest BCUT2D eigenvalue weighted by atomic mass is 35.5. The Morgan fingerprint density at radius 2 is 2.11 bits per heavy atom. The topological polar surface area (TPSA) is 27.1 Å². The summed E-state index contributed by atoms with van der Waals surface area (Å²) < 4.78 is 0. The molecule has 0 atom stereocenters. The lowest BCUT2D eigenvalue weighted by molar-refractivity contribution is 0.431. The van der Waals surface area contributed by atoms with Crippen LogP contribution in [0.2, 0.25) is 0 Å². The van der Waals surface area contributed by atoms with Crippen LogP contribution in [0.4, 0.5) is 0 Å². The van der Waals surface area contributed by atoms with Gasteiger partial charge in [0.15, 0.2) is 0 Å². The van der Waals surface area contributed by atoms with E-state index in [0.717, 1.165) is 18.8 Å². The second-order valence-electron chi connectivity index (χ2n) is 2.33. The summed E-state index contributed by atoms with van der Waals surface area (Å²) in [7, 11) is 1.99. The smallest absolute Gasteiger partial charge is 0.0955 e. The van der Waals surface area contributed by atoms with Crippen molar-refractivity contribution in [1.29, 1.82) is 5.41 Å². The SMILES string of the molecule is CN1CCCCC1=N.Cl. The minimum atomic E-state index is 0. The van der Waals surface area contributed by atoms with Gasteiger partial charge in [0.1, 0.15) is 0 Å². The first kappa shape index (κ1) is 8.76. The minimum absolute atomic E-state index is 0. The predicted octanol–water partition coefficient (Wildman–Crippen LogP) is 1.50. The number of nitrogens with one attached hydrogen (secondary N) is 1. The standard InChI is InChI=1S/C6H12N2.ClH/c1-8-5-3-2-4-6(8)7;/h7H,2-5H2,1H3;1H. The lowest BCUT2D eigenvalue weighted by atomic mass is 10.1. The molecule has 1 saturated heterocycles. The Kier molecular flexibility index (Phi) is 3.62. The van der Waals surface area contributed by atoms with E-state index >= 15 is 0 Å². The van der Waals surface area contributed by atoms with Gasteiger partial charge in [-0.1, -0.05) is 0 Å². The van der Waals surface area contributed by atoms with E-state index in [0.29, 0.717) is 0 Å². The molecule has 0 aromatic heterocycles. The molecule has 54 valence electrons. The predicted molar refractivity (Wildman–Crippen MR) is 41.5 cm³/mol. The number of nitrogens with zero attached hydrogens (tertiary/aromatic N) is 1. The van der Waals surface area contributed by atoms with Gasteiger partial charge in [-0.25, -0.2) is 0 Å². The van der Waals surface area contributed by atoms with E-state index in [2.05, 4.69) is 0 Å². The molecule has 0 spiro atoms. The van der Waals surface area contributed by atoms with Crippen LogP contribution in [0.5, 0.6) is 0 Å². The molecule has 9 heavy (non-hydrogen) atoms. The summed E-state index contributed by atoms with van der Waals surface area (Å²) in [6.45, 7) is 1.08. The summed E-state index contributed by atoms with van der Waals surface area (Å²) >= 11 is 0. The quantitative estimate of drug-likeness (QED) is 0.554. The molecule has 1 aliphatic rings. The average Bonchev–Trinajstić information content (AvgIpc) is 1.77. The highest BCUT2D eigenvalue weighted by molar-refractivity contribution is 5.85. The van der Waals surface area contributed by atoms with Crippen molar-refractivity contribution in [2.45, 2.75) is 19.3 Å². The Bertz CT molecular complexity index is 103. The highest BCUT2D eigenvalue weighted by Crippen LogP contribution is 2.07. The van der Waals surface area contributed by atoms with Crippen LogP contribution in [0.15, 0.2) is 0 Å². The third kappa shape index (κ3) is 2.22. The van der Waals surface area contributed by atoms with E-state index < -0.39 is 0 Å². The van der Waals surface area contributed by atoms with Crippen LogP contribution < -0.4 is 0 Å². The van der Waals surface area contributed by atoms with Crippen LogP contribution in [0.25, 0.3) is 0 Å². The molecule has 1 heterocycles. The van der Waals surface area contributed by atoms with Gasteiger partial charge >= 0.3 is 0 Å². The van der Waals surface area contributed by atoms with E-state index in [4.69, 9.17) is 5.41 Å². The van der Waals surface area contributed by atoms with E-state index in [1.165, 1.54) is 12.8 Å². The van der Waals surface area contributed by atoms with Crippen molar-refractivity contribution in [3.63, 3.8) is 0 Å². The first-order chi connectivity index (χ1) is 3.80.